The molecule has 0 bridgehead atoms. The molecule has 0 radical (unpaired) electrons. The highest BCUT2D eigenvalue weighted by molar-refractivity contribution is 4.83. The molecule has 0 atom stereocenters. The van der Waals surface area contributed by atoms with E-state index in [2.05, 4.69) is 51.9 Å². The molecule has 0 heterocycles. The van der Waals surface area contributed by atoms with Gasteiger partial charge < -0.3 is 10.2 Å². The molecule has 2 heteroatoms. The van der Waals surface area contributed by atoms with E-state index in [0.717, 1.165) is 12.6 Å². The lowest BCUT2D eigenvalue weighted by Gasteiger charge is -2.38. The van der Waals surface area contributed by atoms with Crippen molar-refractivity contribution in [2.24, 2.45) is 5.41 Å². The molecule has 1 aliphatic rings. The summed E-state index contributed by atoms with van der Waals surface area (Å²) in [4.78, 5) is 2.58. The number of rotatable bonds is 5. The van der Waals surface area contributed by atoms with E-state index >= 15 is 0 Å². The molecule has 18 heavy (non-hydrogen) atoms. The Morgan fingerprint density at radius 3 is 2.22 bits per heavy atom. The van der Waals surface area contributed by atoms with Crippen molar-refractivity contribution in [3.05, 3.63) is 0 Å². The summed E-state index contributed by atoms with van der Waals surface area (Å²) in [5.74, 6) is 0. The first-order valence-electron chi connectivity index (χ1n) is 7.65. The van der Waals surface area contributed by atoms with Crippen LogP contribution in [0.15, 0.2) is 0 Å². The monoisotopic (exact) mass is 254 g/mol. The van der Waals surface area contributed by atoms with Gasteiger partial charge in [0.25, 0.3) is 0 Å². The highest BCUT2D eigenvalue weighted by Crippen LogP contribution is 2.36. The van der Waals surface area contributed by atoms with Gasteiger partial charge in [-0.15, -0.1) is 0 Å². The summed E-state index contributed by atoms with van der Waals surface area (Å²) in [6, 6.07) is 0.827. The second-order valence-electron chi connectivity index (χ2n) is 7.91. The number of hydrogen-bond donors (Lipinski definition) is 1. The van der Waals surface area contributed by atoms with Crippen LogP contribution >= 0.6 is 0 Å². The maximum Gasteiger partial charge on any atom is 0.00965 e. The van der Waals surface area contributed by atoms with Gasteiger partial charge in [0.15, 0.2) is 0 Å². The second-order valence-corrected chi connectivity index (χ2v) is 7.91. The highest BCUT2D eigenvalue weighted by Gasteiger charge is 2.28. The lowest BCUT2D eigenvalue weighted by atomic mass is 9.75. The standard InChI is InChI=1S/C16H34N2/c1-15(2,3)17-12-7-13-18(6)14-8-10-16(4,5)11-9-14/h14,17H,7-13H2,1-6H3. The van der Waals surface area contributed by atoms with Crippen molar-refractivity contribution in [3.8, 4) is 0 Å². The van der Waals surface area contributed by atoms with Crippen LogP contribution in [0.4, 0.5) is 0 Å². The predicted molar refractivity (Wildman–Crippen MR) is 81.0 cm³/mol. The number of hydrogen-bond acceptors (Lipinski definition) is 2. The zero-order valence-electron chi connectivity index (χ0n) is 13.5. The zero-order chi connectivity index (χ0) is 13.8. The largest absolute Gasteiger partial charge is 0.312 e. The van der Waals surface area contributed by atoms with E-state index in [9.17, 15) is 0 Å². The summed E-state index contributed by atoms with van der Waals surface area (Å²) < 4.78 is 0. The molecule has 0 aromatic carbocycles. The predicted octanol–water partition coefficient (Wildman–Crippen LogP) is 3.67. The molecule has 0 spiro atoms. The molecule has 1 saturated carbocycles. The summed E-state index contributed by atoms with van der Waals surface area (Å²) >= 11 is 0. The summed E-state index contributed by atoms with van der Waals surface area (Å²) in [7, 11) is 2.31. The Morgan fingerprint density at radius 1 is 1.17 bits per heavy atom. The van der Waals surface area contributed by atoms with E-state index in [4.69, 9.17) is 0 Å². The fraction of sp³-hybridized carbons (Fsp3) is 1.00. The zero-order valence-corrected chi connectivity index (χ0v) is 13.5. The Bertz CT molecular complexity index is 230. The average Bonchev–Trinajstić information content (AvgIpc) is 2.22. The molecule has 0 amide bonds. The number of nitrogens with one attached hydrogen (secondary N) is 1. The minimum Gasteiger partial charge on any atom is -0.312 e. The minimum atomic E-state index is 0.257. The third kappa shape index (κ3) is 6.19. The van der Waals surface area contributed by atoms with Crippen molar-refractivity contribution in [2.45, 2.75) is 78.3 Å². The Morgan fingerprint density at radius 2 is 1.72 bits per heavy atom. The molecule has 0 unspecified atom stereocenters. The normalized spacial score (nSPS) is 21.5. The van der Waals surface area contributed by atoms with Crippen LogP contribution in [0.25, 0.3) is 0 Å². The molecular formula is C16H34N2. The van der Waals surface area contributed by atoms with Gasteiger partial charge >= 0.3 is 0 Å². The summed E-state index contributed by atoms with van der Waals surface area (Å²) in [6.45, 7) is 13.9. The van der Waals surface area contributed by atoms with Crippen LogP contribution in [0.5, 0.6) is 0 Å². The van der Waals surface area contributed by atoms with E-state index in [1.54, 1.807) is 0 Å². The molecular weight excluding hydrogens is 220 g/mol. The van der Waals surface area contributed by atoms with Gasteiger partial charge in [0.2, 0.25) is 0 Å². The van der Waals surface area contributed by atoms with E-state index in [1.807, 2.05) is 0 Å². The Balaban J connectivity index is 2.16. The van der Waals surface area contributed by atoms with Crippen LogP contribution < -0.4 is 5.32 Å². The molecule has 108 valence electrons. The minimum absolute atomic E-state index is 0.257. The van der Waals surface area contributed by atoms with Crippen molar-refractivity contribution in [1.29, 1.82) is 0 Å². The first-order valence-corrected chi connectivity index (χ1v) is 7.65. The van der Waals surface area contributed by atoms with Crippen LogP contribution in [0, 0.1) is 5.41 Å². The topological polar surface area (TPSA) is 15.3 Å². The molecule has 1 N–H and O–H groups in total. The summed E-state index contributed by atoms with van der Waals surface area (Å²) in [6.07, 6.45) is 6.81. The van der Waals surface area contributed by atoms with Crippen LogP contribution in [-0.2, 0) is 0 Å². The Labute approximate surface area is 115 Å². The lowest BCUT2D eigenvalue weighted by molar-refractivity contribution is 0.126. The molecule has 0 aromatic heterocycles. The second kappa shape index (κ2) is 6.38. The van der Waals surface area contributed by atoms with Gasteiger partial charge in [-0.2, -0.15) is 0 Å². The van der Waals surface area contributed by atoms with Crippen molar-refractivity contribution >= 4 is 0 Å². The lowest BCUT2D eigenvalue weighted by Crippen LogP contribution is -2.40. The van der Waals surface area contributed by atoms with E-state index in [1.165, 1.54) is 38.6 Å². The molecule has 0 aliphatic heterocycles. The Kier molecular flexibility index (Phi) is 5.67. The average molecular weight is 254 g/mol. The van der Waals surface area contributed by atoms with Crippen LogP contribution in [0.2, 0.25) is 0 Å². The van der Waals surface area contributed by atoms with Gasteiger partial charge in [0, 0.05) is 11.6 Å². The van der Waals surface area contributed by atoms with E-state index in [-0.39, 0.29) is 5.54 Å². The molecule has 0 saturated heterocycles. The highest BCUT2D eigenvalue weighted by atomic mass is 15.1. The first-order chi connectivity index (χ1) is 8.20. The maximum atomic E-state index is 3.57. The van der Waals surface area contributed by atoms with Crippen molar-refractivity contribution < 1.29 is 0 Å². The Hall–Kier alpha value is -0.0800. The third-order valence-corrected chi connectivity index (χ3v) is 4.27. The van der Waals surface area contributed by atoms with Gasteiger partial charge in [0.1, 0.15) is 0 Å². The van der Waals surface area contributed by atoms with E-state index < -0.39 is 0 Å². The SMILES string of the molecule is CN(CCCNC(C)(C)C)C1CCC(C)(C)CC1. The maximum absolute atomic E-state index is 3.57. The van der Waals surface area contributed by atoms with Gasteiger partial charge in [-0.05, 0) is 78.4 Å². The van der Waals surface area contributed by atoms with Crippen molar-refractivity contribution in [3.63, 3.8) is 0 Å². The van der Waals surface area contributed by atoms with Crippen molar-refractivity contribution in [2.75, 3.05) is 20.1 Å². The summed E-state index contributed by atoms with van der Waals surface area (Å²) in [5, 5.41) is 3.57. The van der Waals surface area contributed by atoms with Crippen LogP contribution in [-0.4, -0.2) is 36.6 Å². The van der Waals surface area contributed by atoms with Crippen LogP contribution in [0.1, 0.15) is 66.7 Å². The fourth-order valence-electron chi connectivity index (χ4n) is 2.80. The van der Waals surface area contributed by atoms with Gasteiger partial charge in [-0.25, -0.2) is 0 Å². The van der Waals surface area contributed by atoms with Gasteiger partial charge in [-0.1, -0.05) is 13.8 Å². The van der Waals surface area contributed by atoms with Crippen molar-refractivity contribution in [1.82, 2.24) is 10.2 Å². The van der Waals surface area contributed by atoms with Gasteiger partial charge in [0.05, 0.1) is 0 Å². The van der Waals surface area contributed by atoms with Crippen LogP contribution in [0.3, 0.4) is 0 Å². The fourth-order valence-corrected chi connectivity index (χ4v) is 2.80. The molecule has 2 nitrogen and oxygen atoms in total. The molecule has 1 aliphatic carbocycles. The molecule has 1 fully saturated rings. The summed E-state index contributed by atoms with van der Waals surface area (Å²) in [5.41, 5.74) is 0.846. The van der Waals surface area contributed by atoms with Gasteiger partial charge in [-0.3, -0.25) is 0 Å². The molecule has 0 aromatic rings. The number of nitrogens with zero attached hydrogens (tertiary/aromatic N) is 1. The molecule has 1 rings (SSSR count). The quantitative estimate of drug-likeness (QED) is 0.753. The first kappa shape index (κ1) is 16.0. The van der Waals surface area contributed by atoms with E-state index in [0.29, 0.717) is 5.41 Å². The smallest absolute Gasteiger partial charge is 0.00965 e. The third-order valence-electron chi connectivity index (χ3n) is 4.27.